The number of fused-ring (bicyclic) bond motifs is 3. The van der Waals surface area contributed by atoms with Crippen LogP contribution in [0.25, 0.3) is 21.8 Å². The van der Waals surface area contributed by atoms with Gasteiger partial charge in [0.15, 0.2) is 0 Å². The van der Waals surface area contributed by atoms with Gasteiger partial charge in [0.25, 0.3) is 0 Å². The van der Waals surface area contributed by atoms with Gasteiger partial charge in [0.05, 0.1) is 13.5 Å². The third kappa shape index (κ3) is 2.05. The maximum absolute atomic E-state index is 13.3. The van der Waals surface area contributed by atoms with Crippen molar-refractivity contribution in [1.82, 2.24) is 4.98 Å². The number of aromatic nitrogens is 1. The van der Waals surface area contributed by atoms with E-state index in [4.69, 9.17) is 0 Å². The van der Waals surface area contributed by atoms with E-state index < -0.39 is 0 Å². The largest absolute Gasteiger partial charge is 0.469 e. The van der Waals surface area contributed by atoms with Crippen molar-refractivity contribution in [2.45, 2.75) is 6.42 Å². The van der Waals surface area contributed by atoms with Gasteiger partial charge in [-0.25, -0.2) is 4.39 Å². The summed E-state index contributed by atoms with van der Waals surface area (Å²) in [7, 11) is 1.36. The molecule has 0 bridgehead atoms. The molecule has 0 radical (unpaired) electrons. The molecule has 1 heterocycles. The molecular formula is C15H12FNO2. The first kappa shape index (κ1) is 11.7. The SMILES string of the molecule is COC(=O)Cc1ccc2[nH]c3ccc(F)cc3c2c1. The van der Waals surface area contributed by atoms with Crippen LogP contribution in [0.2, 0.25) is 0 Å². The van der Waals surface area contributed by atoms with E-state index in [9.17, 15) is 9.18 Å². The van der Waals surface area contributed by atoms with Gasteiger partial charge in [-0.15, -0.1) is 0 Å². The smallest absolute Gasteiger partial charge is 0.309 e. The number of carbonyl (C=O) groups excluding carboxylic acids is 1. The van der Waals surface area contributed by atoms with Crippen LogP contribution >= 0.6 is 0 Å². The quantitative estimate of drug-likeness (QED) is 0.716. The molecule has 0 fully saturated rings. The Balaban J connectivity index is 2.17. The van der Waals surface area contributed by atoms with Crippen molar-refractivity contribution in [2.24, 2.45) is 0 Å². The highest BCUT2D eigenvalue weighted by Crippen LogP contribution is 2.27. The van der Waals surface area contributed by atoms with Gasteiger partial charge in [-0.2, -0.15) is 0 Å². The standard InChI is InChI=1S/C15H12FNO2/c1-19-15(18)7-9-2-4-13-11(6-9)12-8-10(16)3-5-14(12)17-13/h2-6,8,17H,7H2,1H3. The maximum Gasteiger partial charge on any atom is 0.309 e. The molecule has 4 heteroatoms. The monoisotopic (exact) mass is 257 g/mol. The Morgan fingerprint density at radius 1 is 1.16 bits per heavy atom. The molecule has 3 nitrogen and oxygen atoms in total. The minimum atomic E-state index is -0.287. The normalized spacial score (nSPS) is 11.1. The zero-order chi connectivity index (χ0) is 13.4. The highest BCUT2D eigenvalue weighted by Gasteiger charge is 2.08. The second-order valence-electron chi connectivity index (χ2n) is 4.45. The van der Waals surface area contributed by atoms with Gasteiger partial charge in [0.2, 0.25) is 0 Å². The first-order chi connectivity index (χ1) is 9.17. The van der Waals surface area contributed by atoms with Crippen LogP contribution in [0.1, 0.15) is 5.56 Å². The first-order valence-corrected chi connectivity index (χ1v) is 5.94. The van der Waals surface area contributed by atoms with E-state index in [0.717, 1.165) is 27.4 Å². The van der Waals surface area contributed by atoms with Crippen molar-refractivity contribution in [3.8, 4) is 0 Å². The molecule has 3 aromatic rings. The maximum atomic E-state index is 13.3. The van der Waals surface area contributed by atoms with Gasteiger partial charge >= 0.3 is 5.97 Å². The Morgan fingerprint density at radius 2 is 1.84 bits per heavy atom. The Kier molecular flexibility index (Phi) is 2.71. The number of benzene rings is 2. The molecular weight excluding hydrogens is 245 g/mol. The van der Waals surface area contributed by atoms with E-state index >= 15 is 0 Å². The van der Waals surface area contributed by atoms with Crippen LogP contribution in [0.3, 0.4) is 0 Å². The fourth-order valence-electron chi connectivity index (χ4n) is 2.27. The number of halogens is 1. The summed E-state index contributed by atoms with van der Waals surface area (Å²) in [5.41, 5.74) is 2.66. The first-order valence-electron chi connectivity index (χ1n) is 5.94. The van der Waals surface area contributed by atoms with Crippen LogP contribution in [0.15, 0.2) is 36.4 Å². The average Bonchev–Trinajstić information content (AvgIpc) is 2.76. The van der Waals surface area contributed by atoms with Crippen LogP contribution in [0, 0.1) is 5.82 Å². The molecule has 0 unspecified atom stereocenters. The molecule has 1 aromatic heterocycles. The number of H-pyrrole nitrogens is 1. The predicted molar refractivity (Wildman–Crippen MR) is 71.5 cm³/mol. The van der Waals surface area contributed by atoms with Crippen LogP contribution in [-0.2, 0) is 16.0 Å². The molecule has 0 spiro atoms. The fourth-order valence-corrected chi connectivity index (χ4v) is 2.27. The number of hydrogen-bond acceptors (Lipinski definition) is 2. The molecule has 3 rings (SSSR count). The Labute approximate surface area is 109 Å². The molecule has 0 aliphatic carbocycles. The molecule has 0 saturated carbocycles. The summed E-state index contributed by atoms with van der Waals surface area (Å²) in [6.45, 7) is 0. The van der Waals surface area contributed by atoms with E-state index in [1.54, 1.807) is 6.07 Å². The summed E-state index contributed by atoms with van der Waals surface area (Å²) in [5, 5.41) is 1.73. The zero-order valence-electron chi connectivity index (χ0n) is 10.4. The van der Waals surface area contributed by atoms with E-state index in [0.29, 0.717) is 0 Å². The van der Waals surface area contributed by atoms with Gasteiger partial charge in [-0.1, -0.05) is 6.07 Å². The summed E-state index contributed by atoms with van der Waals surface area (Å²) >= 11 is 0. The summed E-state index contributed by atoms with van der Waals surface area (Å²) < 4.78 is 18.0. The van der Waals surface area contributed by atoms with Gasteiger partial charge in [0.1, 0.15) is 5.82 Å². The number of aromatic amines is 1. The minimum absolute atomic E-state index is 0.217. The number of ether oxygens (including phenoxy) is 1. The lowest BCUT2D eigenvalue weighted by Gasteiger charge is -2.00. The van der Waals surface area contributed by atoms with E-state index in [-0.39, 0.29) is 18.2 Å². The van der Waals surface area contributed by atoms with Crippen molar-refractivity contribution in [3.05, 3.63) is 47.8 Å². The molecule has 0 aliphatic rings. The lowest BCUT2D eigenvalue weighted by atomic mass is 10.1. The number of carbonyl (C=O) groups is 1. The molecule has 0 aliphatic heterocycles. The summed E-state index contributed by atoms with van der Waals surface area (Å²) in [6.07, 6.45) is 0.217. The summed E-state index contributed by atoms with van der Waals surface area (Å²) in [6, 6.07) is 10.3. The average molecular weight is 257 g/mol. The van der Waals surface area contributed by atoms with Crippen molar-refractivity contribution in [1.29, 1.82) is 0 Å². The molecule has 96 valence electrons. The van der Waals surface area contributed by atoms with Gasteiger partial charge < -0.3 is 9.72 Å². The topological polar surface area (TPSA) is 42.1 Å². The second-order valence-corrected chi connectivity index (χ2v) is 4.45. The molecule has 0 amide bonds. The van der Waals surface area contributed by atoms with Crippen LogP contribution in [-0.4, -0.2) is 18.1 Å². The Morgan fingerprint density at radius 3 is 2.58 bits per heavy atom. The van der Waals surface area contributed by atoms with Gasteiger partial charge in [-0.3, -0.25) is 4.79 Å². The number of esters is 1. The fraction of sp³-hybridized carbons (Fsp3) is 0.133. The van der Waals surface area contributed by atoms with Crippen LogP contribution in [0.5, 0.6) is 0 Å². The Hall–Kier alpha value is -2.36. The zero-order valence-corrected chi connectivity index (χ0v) is 10.4. The Bertz CT molecular complexity index is 776. The molecule has 19 heavy (non-hydrogen) atoms. The van der Waals surface area contributed by atoms with Crippen molar-refractivity contribution in [2.75, 3.05) is 7.11 Å². The van der Waals surface area contributed by atoms with Gasteiger partial charge in [-0.05, 0) is 35.9 Å². The molecule has 0 saturated heterocycles. The van der Waals surface area contributed by atoms with Crippen LogP contribution < -0.4 is 0 Å². The lowest BCUT2D eigenvalue weighted by molar-refractivity contribution is -0.139. The molecule has 0 atom stereocenters. The van der Waals surface area contributed by atoms with Crippen molar-refractivity contribution in [3.63, 3.8) is 0 Å². The second kappa shape index (κ2) is 4.39. The molecule has 1 N–H and O–H groups in total. The minimum Gasteiger partial charge on any atom is -0.469 e. The lowest BCUT2D eigenvalue weighted by Crippen LogP contribution is -2.03. The van der Waals surface area contributed by atoms with Crippen LogP contribution in [0.4, 0.5) is 4.39 Å². The predicted octanol–water partition coefficient (Wildman–Crippen LogP) is 3.18. The number of nitrogens with one attached hydrogen (secondary N) is 1. The van der Waals surface area contributed by atoms with E-state index in [2.05, 4.69) is 9.72 Å². The summed E-state index contributed by atoms with van der Waals surface area (Å²) in [4.78, 5) is 14.5. The number of methoxy groups -OCH3 is 1. The number of hydrogen-bond donors (Lipinski definition) is 1. The van der Waals surface area contributed by atoms with Gasteiger partial charge in [0, 0.05) is 21.8 Å². The highest BCUT2D eigenvalue weighted by molar-refractivity contribution is 6.07. The van der Waals surface area contributed by atoms with Crippen molar-refractivity contribution >= 4 is 27.8 Å². The van der Waals surface area contributed by atoms with E-state index in [1.807, 2.05) is 18.2 Å². The van der Waals surface area contributed by atoms with Crippen molar-refractivity contribution < 1.29 is 13.9 Å². The molecule has 2 aromatic carbocycles. The van der Waals surface area contributed by atoms with E-state index in [1.165, 1.54) is 19.2 Å². The summed E-state index contributed by atoms with van der Waals surface area (Å²) in [5.74, 6) is -0.558. The third-order valence-corrected chi connectivity index (χ3v) is 3.20. The number of rotatable bonds is 2. The highest BCUT2D eigenvalue weighted by atomic mass is 19.1. The third-order valence-electron chi connectivity index (χ3n) is 3.20.